The molecule has 0 aliphatic carbocycles. The van der Waals surface area contributed by atoms with Crippen LogP contribution in [0.2, 0.25) is 5.02 Å². The topological polar surface area (TPSA) is 81.4 Å². The number of aromatic nitrogens is 4. The highest BCUT2D eigenvalue weighted by Crippen LogP contribution is 2.29. The van der Waals surface area contributed by atoms with Crippen LogP contribution >= 0.6 is 34.7 Å². The van der Waals surface area contributed by atoms with Crippen LogP contribution in [0.1, 0.15) is 5.69 Å². The van der Waals surface area contributed by atoms with Crippen LogP contribution in [0, 0.1) is 0 Å². The average Bonchev–Trinajstić information content (AvgIpc) is 3.15. The fourth-order valence-corrected chi connectivity index (χ4v) is 4.28. The third-order valence-corrected chi connectivity index (χ3v) is 6.00. The van der Waals surface area contributed by atoms with Crippen molar-refractivity contribution in [1.82, 2.24) is 19.6 Å². The zero-order chi connectivity index (χ0) is 19.5. The lowest BCUT2D eigenvalue weighted by Gasteiger charge is -2.03. The smallest absolute Gasteiger partial charge is 0.258 e. The number of methoxy groups -OCH3 is 1. The highest BCUT2D eigenvalue weighted by Gasteiger charge is 2.08. The van der Waals surface area contributed by atoms with E-state index in [-0.39, 0.29) is 5.56 Å². The molecule has 0 unspecified atom stereocenters. The van der Waals surface area contributed by atoms with Crippen LogP contribution < -0.4 is 15.6 Å². The number of nitrogens with zero attached hydrogens (tertiary/aromatic N) is 4. The maximum absolute atomic E-state index is 12.2. The number of hydrogen-bond acceptors (Lipinski definition) is 8. The standard InChI is InChI=1S/C18H14ClN5O2S2/c1-26-14-5-3-12(4-6-14)21-17-22-23-18(28-17)27-10-13-8-16(25)24-9-11(19)2-7-15(24)20-13/h2-9H,10H2,1H3,(H,21,22). The summed E-state index contributed by atoms with van der Waals surface area (Å²) in [4.78, 5) is 16.7. The molecule has 4 aromatic rings. The van der Waals surface area contributed by atoms with Crippen molar-refractivity contribution >= 4 is 51.2 Å². The normalized spacial score (nSPS) is 10.9. The number of nitrogens with one attached hydrogen (secondary N) is 1. The Hall–Kier alpha value is -2.62. The molecule has 3 aromatic heterocycles. The van der Waals surface area contributed by atoms with Crippen molar-refractivity contribution in [2.75, 3.05) is 12.4 Å². The van der Waals surface area contributed by atoms with E-state index in [0.29, 0.717) is 27.2 Å². The number of hydrogen-bond donors (Lipinski definition) is 1. The Labute approximate surface area is 173 Å². The predicted molar refractivity (Wildman–Crippen MR) is 112 cm³/mol. The lowest BCUT2D eigenvalue weighted by atomic mass is 10.3. The Balaban J connectivity index is 1.43. The number of halogens is 1. The van der Waals surface area contributed by atoms with Crippen LogP contribution in [0.3, 0.4) is 0 Å². The van der Waals surface area contributed by atoms with Gasteiger partial charge < -0.3 is 10.1 Å². The fraction of sp³-hybridized carbons (Fsp3) is 0.111. The summed E-state index contributed by atoms with van der Waals surface area (Å²) in [6.45, 7) is 0. The van der Waals surface area contributed by atoms with Gasteiger partial charge in [-0.05, 0) is 36.4 Å². The van der Waals surface area contributed by atoms with Gasteiger partial charge in [-0.15, -0.1) is 10.2 Å². The zero-order valence-corrected chi connectivity index (χ0v) is 17.0. The third-order valence-electron chi connectivity index (χ3n) is 3.77. The molecule has 0 fully saturated rings. The molecule has 1 N–H and O–H groups in total. The summed E-state index contributed by atoms with van der Waals surface area (Å²) in [6, 6.07) is 12.5. The summed E-state index contributed by atoms with van der Waals surface area (Å²) in [6.07, 6.45) is 1.56. The molecule has 0 spiro atoms. The van der Waals surface area contributed by atoms with Crippen LogP contribution in [-0.4, -0.2) is 26.7 Å². The first kappa shape index (κ1) is 18.7. The van der Waals surface area contributed by atoms with Crippen LogP contribution in [0.4, 0.5) is 10.8 Å². The lowest BCUT2D eigenvalue weighted by molar-refractivity contribution is 0.415. The summed E-state index contributed by atoms with van der Waals surface area (Å²) in [5.74, 6) is 1.31. The summed E-state index contributed by atoms with van der Waals surface area (Å²) in [7, 11) is 1.63. The summed E-state index contributed by atoms with van der Waals surface area (Å²) >= 11 is 8.85. The van der Waals surface area contributed by atoms with E-state index in [2.05, 4.69) is 20.5 Å². The van der Waals surface area contributed by atoms with E-state index < -0.39 is 0 Å². The van der Waals surface area contributed by atoms with Gasteiger partial charge in [-0.25, -0.2) is 4.98 Å². The van der Waals surface area contributed by atoms with Crippen molar-refractivity contribution in [2.45, 2.75) is 10.1 Å². The Morgan fingerprint density at radius 1 is 1.21 bits per heavy atom. The Morgan fingerprint density at radius 2 is 2.04 bits per heavy atom. The van der Waals surface area contributed by atoms with Crippen molar-refractivity contribution < 1.29 is 4.74 Å². The van der Waals surface area contributed by atoms with Gasteiger partial charge in [0.05, 0.1) is 17.8 Å². The van der Waals surface area contributed by atoms with Crippen LogP contribution in [0.5, 0.6) is 5.75 Å². The summed E-state index contributed by atoms with van der Waals surface area (Å²) in [5.41, 5.74) is 1.97. The molecule has 1 aromatic carbocycles. The quantitative estimate of drug-likeness (QED) is 0.457. The van der Waals surface area contributed by atoms with Crippen molar-refractivity contribution in [1.29, 1.82) is 0 Å². The van der Waals surface area contributed by atoms with Crippen molar-refractivity contribution in [3.63, 3.8) is 0 Å². The molecule has 0 radical (unpaired) electrons. The molecule has 0 amide bonds. The predicted octanol–water partition coefficient (Wildman–Crippen LogP) is 4.24. The van der Waals surface area contributed by atoms with Crippen LogP contribution in [-0.2, 0) is 5.75 Å². The minimum absolute atomic E-state index is 0.165. The Morgan fingerprint density at radius 3 is 2.82 bits per heavy atom. The molecule has 0 bridgehead atoms. The largest absolute Gasteiger partial charge is 0.497 e. The molecule has 3 heterocycles. The second kappa shape index (κ2) is 8.17. The van der Waals surface area contributed by atoms with Gasteiger partial charge in [-0.2, -0.15) is 0 Å². The van der Waals surface area contributed by atoms with Crippen molar-refractivity contribution in [3.8, 4) is 5.75 Å². The number of benzene rings is 1. The van der Waals surface area contributed by atoms with Gasteiger partial charge in [-0.3, -0.25) is 9.20 Å². The van der Waals surface area contributed by atoms with Crippen LogP contribution in [0.15, 0.2) is 57.8 Å². The van der Waals surface area contributed by atoms with E-state index in [0.717, 1.165) is 15.8 Å². The Bertz CT molecular complexity index is 1180. The van der Waals surface area contributed by atoms with Gasteiger partial charge >= 0.3 is 0 Å². The highest BCUT2D eigenvalue weighted by molar-refractivity contribution is 8.00. The highest BCUT2D eigenvalue weighted by atomic mass is 35.5. The van der Waals surface area contributed by atoms with E-state index in [9.17, 15) is 4.79 Å². The van der Waals surface area contributed by atoms with E-state index in [1.54, 1.807) is 25.4 Å². The van der Waals surface area contributed by atoms with Crippen molar-refractivity contribution in [3.05, 3.63) is 69.7 Å². The summed E-state index contributed by atoms with van der Waals surface area (Å²) < 4.78 is 7.36. The minimum Gasteiger partial charge on any atom is -0.497 e. The van der Waals surface area contributed by atoms with Gasteiger partial charge in [-0.1, -0.05) is 34.7 Å². The molecule has 0 aliphatic heterocycles. The van der Waals surface area contributed by atoms with E-state index in [1.165, 1.54) is 33.6 Å². The maximum Gasteiger partial charge on any atom is 0.258 e. The van der Waals surface area contributed by atoms with Crippen molar-refractivity contribution in [2.24, 2.45) is 0 Å². The molecule has 28 heavy (non-hydrogen) atoms. The monoisotopic (exact) mass is 431 g/mol. The van der Waals surface area contributed by atoms with Gasteiger partial charge in [0.15, 0.2) is 4.34 Å². The molecule has 4 rings (SSSR count). The van der Waals surface area contributed by atoms with E-state index in [1.807, 2.05) is 24.3 Å². The number of ether oxygens (including phenoxy) is 1. The average molecular weight is 432 g/mol. The molecule has 0 atom stereocenters. The second-order valence-corrected chi connectivity index (χ2v) is 8.31. The van der Waals surface area contributed by atoms with E-state index in [4.69, 9.17) is 16.3 Å². The zero-order valence-electron chi connectivity index (χ0n) is 14.6. The maximum atomic E-state index is 12.2. The third kappa shape index (κ3) is 4.27. The van der Waals surface area contributed by atoms with Gasteiger partial charge in [0.2, 0.25) is 5.13 Å². The SMILES string of the molecule is COc1ccc(Nc2nnc(SCc3cc(=O)n4cc(Cl)ccc4n3)s2)cc1. The van der Waals surface area contributed by atoms with Gasteiger partial charge in [0.25, 0.3) is 5.56 Å². The fourth-order valence-electron chi connectivity index (χ4n) is 2.45. The second-order valence-electron chi connectivity index (χ2n) is 5.68. The molecule has 0 saturated carbocycles. The van der Waals surface area contributed by atoms with Gasteiger partial charge in [0.1, 0.15) is 11.4 Å². The molecule has 0 saturated heterocycles. The molecule has 10 heteroatoms. The number of pyridine rings is 1. The molecular formula is C18H14ClN5O2S2. The first-order chi connectivity index (χ1) is 13.6. The Kier molecular flexibility index (Phi) is 5.47. The molecule has 0 aliphatic rings. The lowest BCUT2D eigenvalue weighted by Crippen LogP contribution is -2.14. The molecule has 142 valence electrons. The minimum atomic E-state index is -0.165. The number of anilines is 2. The number of rotatable bonds is 6. The first-order valence-electron chi connectivity index (χ1n) is 8.16. The number of thioether (sulfide) groups is 1. The number of fused-ring (bicyclic) bond motifs is 1. The summed E-state index contributed by atoms with van der Waals surface area (Å²) in [5, 5.41) is 12.7. The van der Waals surface area contributed by atoms with E-state index >= 15 is 0 Å². The molecular weight excluding hydrogens is 418 g/mol. The molecule has 7 nitrogen and oxygen atoms in total. The van der Waals surface area contributed by atoms with Crippen LogP contribution in [0.25, 0.3) is 5.65 Å². The van der Waals surface area contributed by atoms with Gasteiger partial charge in [0, 0.05) is 23.7 Å². The first-order valence-corrected chi connectivity index (χ1v) is 10.3.